The molecule has 1 aromatic carbocycles. The highest BCUT2D eigenvalue weighted by molar-refractivity contribution is 7.89. The number of hydrogen-bond donors (Lipinski definition) is 0. The lowest BCUT2D eigenvalue weighted by molar-refractivity contribution is 0.360. The number of nitriles is 1. The van der Waals surface area contributed by atoms with Gasteiger partial charge in [-0.3, -0.25) is 0 Å². The number of rotatable bonds is 5. The summed E-state index contributed by atoms with van der Waals surface area (Å²) in [6.07, 6.45) is 0.122. The van der Waals surface area contributed by atoms with Gasteiger partial charge in [-0.05, 0) is 51.0 Å². The highest BCUT2D eigenvalue weighted by atomic mass is 32.2. The minimum absolute atomic E-state index is 0.122. The number of aryl methyl sites for hydroxylation is 2. The maximum absolute atomic E-state index is 13.3. The van der Waals surface area contributed by atoms with E-state index in [0.29, 0.717) is 11.1 Å². The van der Waals surface area contributed by atoms with Gasteiger partial charge in [0.25, 0.3) is 0 Å². The molecule has 0 saturated heterocycles. The lowest BCUT2D eigenvalue weighted by Crippen LogP contribution is -2.38. The molecule has 0 aliphatic heterocycles. The lowest BCUT2D eigenvalue weighted by Gasteiger charge is -2.26. The van der Waals surface area contributed by atoms with Crippen LogP contribution in [0.25, 0.3) is 0 Å². The Balaban J connectivity index is 3.38. The van der Waals surface area contributed by atoms with Crippen molar-refractivity contribution in [1.29, 1.82) is 5.26 Å². The van der Waals surface area contributed by atoms with E-state index in [1.165, 1.54) is 16.4 Å². The van der Waals surface area contributed by atoms with Gasteiger partial charge in [0.05, 0.1) is 11.0 Å². The van der Waals surface area contributed by atoms with Crippen LogP contribution in [-0.4, -0.2) is 25.3 Å². The Hall–Kier alpha value is -1.45. The van der Waals surface area contributed by atoms with E-state index >= 15 is 0 Å². The number of nitrogens with zero attached hydrogens (tertiary/aromatic N) is 2. The smallest absolute Gasteiger partial charge is 0.207 e. The first kappa shape index (κ1) is 16.6. The molecule has 0 aliphatic rings. The molecule has 1 rings (SSSR count). The van der Waals surface area contributed by atoms with Crippen molar-refractivity contribution in [1.82, 2.24) is 4.31 Å². The van der Waals surface area contributed by atoms with Gasteiger partial charge in [-0.25, -0.2) is 12.8 Å². The maximum Gasteiger partial charge on any atom is 0.243 e. The third kappa shape index (κ3) is 3.35. The van der Waals surface area contributed by atoms with Gasteiger partial charge in [0, 0.05) is 19.0 Å². The molecule has 0 spiro atoms. The monoisotopic (exact) mass is 298 g/mol. The summed E-state index contributed by atoms with van der Waals surface area (Å²) in [6.45, 7) is 6.79. The van der Waals surface area contributed by atoms with Crippen LogP contribution in [0.3, 0.4) is 0 Å². The van der Waals surface area contributed by atoms with Crippen LogP contribution >= 0.6 is 0 Å². The summed E-state index contributed by atoms with van der Waals surface area (Å²) >= 11 is 0. The Morgan fingerprint density at radius 3 is 2.20 bits per heavy atom. The summed E-state index contributed by atoms with van der Waals surface area (Å²) in [4.78, 5) is 0.130. The zero-order valence-electron chi connectivity index (χ0n) is 12.1. The number of halogens is 1. The minimum Gasteiger partial charge on any atom is -0.207 e. The predicted molar refractivity (Wildman–Crippen MR) is 75.1 cm³/mol. The van der Waals surface area contributed by atoms with E-state index in [2.05, 4.69) is 0 Å². The molecular weight excluding hydrogens is 279 g/mol. The molecule has 0 radical (unpaired) electrons. The molecule has 20 heavy (non-hydrogen) atoms. The highest BCUT2D eigenvalue weighted by Crippen LogP contribution is 2.26. The molecule has 0 saturated carbocycles. The Morgan fingerprint density at radius 2 is 1.80 bits per heavy atom. The topological polar surface area (TPSA) is 61.2 Å². The molecular formula is C14H19FN2O2S. The number of hydrogen-bond acceptors (Lipinski definition) is 3. The van der Waals surface area contributed by atoms with E-state index in [1.54, 1.807) is 27.7 Å². The van der Waals surface area contributed by atoms with Gasteiger partial charge in [0.1, 0.15) is 5.82 Å². The fourth-order valence-corrected chi connectivity index (χ4v) is 4.29. The molecule has 6 heteroatoms. The summed E-state index contributed by atoms with van der Waals surface area (Å²) in [6, 6.07) is 4.10. The Labute approximate surface area is 119 Å². The Morgan fingerprint density at radius 1 is 1.30 bits per heavy atom. The molecule has 0 N–H and O–H groups in total. The van der Waals surface area contributed by atoms with Crippen LogP contribution < -0.4 is 0 Å². The number of sulfonamides is 1. The minimum atomic E-state index is -3.74. The molecule has 1 aromatic rings. The second kappa shape index (κ2) is 6.33. The van der Waals surface area contributed by atoms with Gasteiger partial charge in [0.2, 0.25) is 10.0 Å². The van der Waals surface area contributed by atoms with Crippen LogP contribution in [0.5, 0.6) is 0 Å². The summed E-state index contributed by atoms with van der Waals surface area (Å²) in [5.41, 5.74) is 0.759. The molecule has 0 unspecified atom stereocenters. The van der Waals surface area contributed by atoms with E-state index in [9.17, 15) is 12.8 Å². The van der Waals surface area contributed by atoms with Crippen LogP contribution in [0.2, 0.25) is 0 Å². The number of benzene rings is 1. The van der Waals surface area contributed by atoms with Gasteiger partial charge in [0.15, 0.2) is 0 Å². The largest absolute Gasteiger partial charge is 0.243 e. The third-order valence-electron chi connectivity index (χ3n) is 3.01. The molecule has 4 nitrogen and oxygen atoms in total. The van der Waals surface area contributed by atoms with Crippen molar-refractivity contribution in [2.45, 2.75) is 45.1 Å². The van der Waals surface area contributed by atoms with Crippen LogP contribution in [0, 0.1) is 31.0 Å². The standard InChI is InChI=1S/C14H19FN2O2S/c1-10(2)17(7-5-6-16)20(18,19)14-11(3)8-13(15)9-12(14)4/h8-10H,5,7H2,1-4H3. The molecule has 0 aromatic heterocycles. The second-order valence-corrected chi connectivity index (χ2v) is 6.81. The zero-order valence-corrected chi connectivity index (χ0v) is 13.0. The second-order valence-electron chi connectivity index (χ2n) is 4.99. The van der Waals surface area contributed by atoms with E-state index in [0.717, 1.165) is 0 Å². The van der Waals surface area contributed by atoms with Gasteiger partial charge >= 0.3 is 0 Å². The van der Waals surface area contributed by atoms with Crippen molar-refractivity contribution in [3.05, 3.63) is 29.1 Å². The Bertz CT molecular complexity index is 610. The summed E-state index contributed by atoms with van der Waals surface area (Å²) in [5.74, 6) is -0.452. The normalized spacial score (nSPS) is 11.9. The van der Waals surface area contributed by atoms with Crippen LogP contribution in [0.4, 0.5) is 4.39 Å². The van der Waals surface area contributed by atoms with Crippen molar-refractivity contribution >= 4 is 10.0 Å². The Kier molecular flexibility index (Phi) is 5.26. The van der Waals surface area contributed by atoms with Crippen molar-refractivity contribution in [3.8, 4) is 6.07 Å². The average molecular weight is 298 g/mol. The van der Waals surface area contributed by atoms with Gasteiger partial charge < -0.3 is 0 Å². The fraction of sp³-hybridized carbons (Fsp3) is 0.500. The van der Waals surface area contributed by atoms with E-state index in [-0.39, 0.29) is 23.9 Å². The summed E-state index contributed by atoms with van der Waals surface area (Å²) in [7, 11) is -3.74. The molecule has 0 heterocycles. The SMILES string of the molecule is Cc1cc(F)cc(C)c1S(=O)(=O)N(CCC#N)C(C)C. The molecule has 0 amide bonds. The van der Waals surface area contributed by atoms with E-state index < -0.39 is 15.8 Å². The van der Waals surface area contributed by atoms with E-state index in [1.807, 2.05) is 6.07 Å². The van der Waals surface area contributed by atoms with Crippen molar-refractivity contribution < 1.29 is 12.8 Å². The third-order valence-corrected chi connectivity index (χ3v) is 5.39. The molecule has 0 aliphatic carbocycles. The van der Waals surface area contributed by atoms with E-state index in [4.69, 9.17) is 5.26 Å². The predicted octanol–water partition coefficient (Wildman–Crippen LogP) is 2.76. The quantitative estimate of drug-likeness (QED) is 0.839. The maximum atomic E-state index is 13.3. The summed E-state index contributed by atoms with van der Waals surface area (Å²) in [5, 5.41) is 8.66. The first-order valence-electron chi connectivity index (χ1n) is 6.37. The molecule has 110 valence electrons. The fourth-order valence-electron chi connectivity index (χ4n) is 2.24. The van der Waals surface area contributed by atoms with Crippen LogP contribution in [0.15, 0.2) is 17.0 Å². The average Bonchev–Trinajstić information content (AvgIpc) is 2.26. The lowest BCUT2D eigenvalue weighted by atomic mass is 10.1. The molecule has 0 fully saturated rings. The first-order chi connectivity index (χ1) is 9.21. The van der Waals surface area contributed by atoms with Crippen molar-refractivity contribution in [2.75, 3.05) is 6.54 Å². The first-order valence-corrected chi connectivity index (χ1v) is 7.81. The van der Waals surface area contributed by atoms with Gasteiger partial charge in [-0.1, -0.05) is 0 Å². The van der Waals surface area contributed by atoms with Gasteiger partial charge in [-0.2, -0.15) is 9.57 Å². The van der Waals surface area contributed by atoms with Crippen LogP contribution in [-0.2, 0) is 10.0 Å². The van der Waals surface area contributed by atoms with Gasteiger partial charge in [-0.15, -0.1) is 0 Å². The molecule has 0 atom stereocenters. The highest BCUT2D eigenvalue weighted by Gasteiger charge is 2.29. The molecule has 0 bridgehead atoms. The van der Waals surface area contributed by atoms with Crippen LogP contribution in [0.1, 0.15) is 31.4 Å². The zero-order chi connectivity index (χ0) is 15.5. The van der Waals surface area contributed by atoms with Crippen molar-refractivity contribution in [2.24, 2.45) is 0 Å². The van der Waals surface area contributed by atoms with Crippen molar-refractivity contribution in [3.63, 3.8) is 0 Å². The summed E-state index contributed by atoms with van der Waals surface area (Å²) < 4.78 is 40.0.